The summed E-state index contributed by atoms with van der Waals surface area (Å²) in [6.45, 7) is 0. The van der Waals surface area contributed by atoms with Crippen molar-refractivity contribution in [3.05, 3.63) is 83.0 Å². The van der Waals surface area contributed by atoms with E-state index in [1.165, 1.54) is 29.2 Å². The van der Waals surface area contributed by atoms with Crippen LogP contribution in [-0.2, 0) is 4.79 Å². The second-order valence-electron chi connectivity index (χ2n) is 5.68. The molecule has 3 aromatic rings. The maximum Gasteiger partial charge on any atom is 0.270 e. The molecule has 0 spiro atoms. The predicted molar refractivity (Wildman–Crippen MR) is 106 cm³/mol. The van der Waals surface area contributed by atoms with Gasteiger partial charge < -0.3 is 4.42 Å². The molecule has 1 aliphatic heterocycles. The van der Waals surface area contributed by atoms with Crippen LogP contribution in [0.3, 0.4) is 0 Å². The number of hydrogen-bond acceptors (Lipinski definition) is 4. The lowest BCUT2D eigenvalue weighted by Gasteiger charge is -2.14. The number of thiocarbonyl (C=S) groups is 1. The summed E-state index contributed by atoms with van der Waals surface area (Å²) in [7, 11) is 0. The number of nitrogens with zero attached hydrogens (tertiary/aromatic N) is 1. The first-order valence-corrected chi connectivity index (χ1v) is 9.14. The number of benzene rings is 2. The molecule has 0 atom stereocenters. The number of amides is 1. The molecule has 7 heteroatoms. The highest BCUT2D eigenvalue weighted by Crippen LogP contribution is 2.37. The second-order valence-corrected chi connectivity index (χ2v) is 7.35. The van der Waals surface area contributed by atoms with Crippen LogP contribution in [0.25, 0.3) is 17.4 Å². The zero-order valence-corrected chi connectivity index (χ0v) is 15.3. The maximum absolute atomic E-state index is 14.0. The van der Waals surface area contributed by atoms with E-state index in [2.05, 4.69) is 0 Å². The molecule has 0 aliphatic carbocycles. The summed E-state index contributed by atoms with van der Waals surface area (Å²) in [5.41, 5.74) is 0.838. The third-order valence-electron chi connectivity index (χ3n) is 3.92. The van der Waals surface area contributed by atoms with E-state index in [0.29, 0.717) is 16.4 Å². The Bertz CT molecular complexity index is 1070. The third kappa shape index (κ3) is 3.43. The minimum Gasteiger partial charge on any atom is -0.457 e. The summed E-state index contributed by atoms with van der Waals surface area (Å²) < 4.78 is 33.0. The quantitative estimate of drug-likeness (QED) is 0.422. The number of furan rings is 1. The lowest BCUT2D eigenvalue weighted by atomic mass is 10.2. The molecule has 1 fully saturated rings. The second kappa shape index (κ2) is 7.09. The summed E-state index contributed by atoms with van der Waals surface area (Å²) >= 11 is 6.32. The van der Waals surface area contributed by atoms with Gasteiger partial charge in [0.1, 0.15) is 23.2 Å². The van der Waals surface area contributed by atoms with Crippen molar-refractivity contribution in [2.24, 2.45) is 0 Å². The van der Waals surface area contributed by atoms with E-state index in [1.54, 1.807) is 42.5 Å². The molecule has 1 saturated heterocycles. The first-order chi connectivity index (χ1) is 13.0. The summed E-state index contributed by atoms with van der Waals surface area (Å²) in [6.07, 6.45) is 1.56. The first kappa shape index (κ1) is 17.6. The zero-order chi connectivity index (χ0) is 19.0. The van der Waals surface area contributed by atoms with Gasteiger partial charge in [0.15, 0.2) is 4.32 Å². The number of carbonyl (C=O) groups excluding carboxylic acids is 1. The molecular weight excluding hydrogens is 388 g/mol. The van der Waals surface area contributed by atoms with Crippen molar-refractivity contribution >= 4 is 46.0 Å². The molecule has 134 valence electrons. The Morgan fingerprint density at radius 1 is 1.00 bits per heavy atom. The Labute approximate surface area is 163 Å². The minimum atomic E-state index is -0.522. The maximum atomic E-state index is 14.0. The van der Waals surface area contributed by atoms with Crippen molar-refractivity contribution in [1.29, 1.82) is 0 Å². The van der Waals surface area contributed by atoms with Crippen LogP contribution in [0.5, 0.6) is 0 Å². The molecule has 2 heterocycles. The van der Waals surface area contributed by atoms with Crippen LogP contribution in [0.1, 0.15) is 5.76 Å². The Balaban J connectivity index is 1.62. The highest BCUT2D eigenvalue weighted by Gasteiger charge is 2.34. The summed E-state index contributed by atoms with van der Waals surface area (Å²) in [4.78, 5) is 14.2. The van der Waals surface area contributed by atoms with Crippen molar-refractivity contribution in [3.63, 3.8) is 0 Å². The molecule has 1 aliphatic rings. The van der Waals surface area contributed by atoms with E-state index in [0.717, 1.165) is 17.3 Å². The van der Waals surface area contributed by atoms with Crippen LogP contribution in [-0.4, -0.2) is 10.2 Å². The van der Waals surface area contributed by atoms with E-state index >= 15 is 0 Å². The summed E-state index contributed by atoms with van der Waals surface area (Å²) in [5, 5.41) is 0. The van der Waals surface area contributed by atoms with Gasteiger partial charge in [0, 0.05) is 11.6 Å². The number of carbonyl (C=O) groups is 1. The number of thioether (sulfide) groups is 1. The number of anilines is 1. The molecule has 2 aromatic carbocycles. The monoisotopic (exact) mass is 399 g/mol. The molecule has 0 radical (unpaired) electrons. The standard InChI is InChI=1S/C20H11F2NO2S2/c21-13-7-5-12(6-8-13)17-10-9-14(25-17)11-18-19(24)23(20(26)27-18)16-4-2-1-3-15(16)22/h1-11H/b18-11-. The fourth-order valence-corrected chi connectivity index (χ4v) is 3.90. The summed E-state index contributed by atoms with van der Waals surface area (Å²) in [6, 6.07) is 15.3. The van der Waals surface area contributed by atoms with Crippen LogP contribution in [0.15, 0.2) is 70.0 Å². The SMILES string of the molecule is O=C1/C(=C/c2ccc(-c3ccc(F)cc3)o2)SC(=S)N1c1ccccc1F. The van der Waals surface area contributed by atoms with Crippen LogP contribution in [0.2, 0.25) is 0 Å². The molecule has 0 unspecified atom stereocenters. The van der Waals surface area contributed by atoms with Gasteiger partial charge in [-0.3, -0.25) is 9.69 Å². The van der Waals surface area contributed by atoms with Gasteiger partial charge in [-0.15, -0.1) is 0 Å². The van der Waals surface area contributed by atoms with Gasteiger partial charge in [0.2, 0.25) is 0 Å². The average Bonchev–Trinajstić information content (AvgIpc) is 3.22. The van der Waals surface area contributed by atoms with Crippen LogP contribution >= 0.6 is 24.0 Å². The molecule has 1 amide bonds. The topological polar surface area (TPSA) is 33.5 Å². The van der Waals surface area contributed by atoms with Gasteiger partial charge in [-0.05, 0) is 48.5 Å². The Kier molecular flexibility index (Phi) is 4.63. The largest absolute Gasteiger partial charge is 0.457 e. The highest BCUT2D eigenvalue weighted by molar-refractivity contribution is 8.27. The number of rotatable bonds is 3. The molecule has 3 nitrogen and oxygen atoms in total. The number of para-hydroxylation sites is 1. The normalized spacial score (nSPS) is 15.8. The zero-order valence-electron chi connectivity index (χ0n) is 13.7. The van der Waals surface area contributed by atoms with Crippen LogP contribution < -0.4 is 4.90 Å². The van der Waals surface area contributed by atoms with E-state index in [1.807, 2.05) is 0 Å². The van der Waals surface area contributed by atoms with Gasteiger partial charge in [0.25, 0.3) is 5.91 Å². The molecule has 0 saturated carbocycles. The molecular formula is C20H11F2NO2S2. The molecule has 1 aromatic heterocycles. The third-order valence-corrected chi connectivity index (χ3v) is 5.22. The van der Waals surface area contributed by atoms with Crippen molar-refractivity contribution in [2.75, 3.05) is 4.90 Å². The van der Waals surface area contributed by atoms with E-state index < -0.39 is 11.7 Å². The average molecular weight is 399 g/mol. The molecule has 27 heavy (non-hydrogen) atoms. The van der Waals surface area contributed by atoms with Gasteiger partial charge >= 0.3 is 0 Å². The van der Waals surface area contributed by atoms with E-state index in [-0.39, 0.29) is 15.8 Å². The van der Waals surface area contributed by atoms with Gasteiger partial charge in [-0.1, -0.05) is 36.1 Å². The minimum absolute atomic E-state index is 0.120. The van der Waals surface area contributed by atoms with E-state index in [9.17, 15) is 13.6 Å². The first-order valence-electron chi connectivity index (χ1n) is 7.91. The summed E-state index contributed by atoms with van der Waals surface area (Å²) in [5.74, 6) is -0.266. The fourth-order valence-electron chi connectivity index (χ4n) is 2.64. The Morgan fingerprint density at radius 3 is 2.48 bits per heavy atom. The highest BCUT2D eigenvalue weighted by atomic mass is 32.2. The fraction of sp³-hybridized carbons (Fsp3) is 0. The Hall–Kier alpha value is -2.77. The van der Waals surface area contributed by atoms with Crippen LogP contribution in [0.4, 0.5) is 14.5 Å². The molecule has 0 N–H and O–H groups in total. The van der Waals surface area contributed by atoms with Gasteiger partial charge in [-0.25, -0.2) is 8.78 Å². The van der Waals surface area contributed by atoms with Crippen molar-refractivity contribution in [1.82, 2.24) is 0 Å². The smallest absolute Gasteiger partial charge is 0.270 e. The lowest BCUT2D eigenvalue weighted by molar-refractivity contribution is -0.113. The van der Waals surface area contributed by atoms with Crippen molar-refractivity contribution < 1.29 is 18.0 Å². The van der Waals surface area contributed by atoms with Gasteiger partial charge in [0.05, 0.1) is 10.6 Å². The Morgan fingerprint density at radius 2 is 1.74 bits per heavy atom. The van der Waals surface area contributed by atoms with Crippen molar-refractivity contribution in [2.45, 2.75) is 0 Å². The van der Waals surface area contributed by atoms with E-state index in [4.69, 9.17) is 16.6 Å². The van der Waals surface area contributed by atoms with Crippen LogP contribution in [0, 0.1) is 11.6 Å². The van der Waals surface area contributed by atoms with Crippen molar-refractivity contribution in [3.8, 4) is 11.3 Å². The number of halogens is 2. The number of hydrogen-bond donors (Lipinski definition) is 0. The molecule has 4 rings (SSSR count). The predicted octanol–water partition coefficient (Wildman–Crippen LogP) is 5.63. The van der Waals surface area contributed by atoms with Gasteiger partial charge in [-0.2, -0.15) is 0 Å². The molecule has 0 bridgehead atoms. The lowest BCUT2D eigenvalue weighted by Crippen LogP contribution is -2.28.